The second kappa shape index (κ2) is 7.42. The lowest BCUT2D eigenvalue weighted by molar-refractivity contribution is 0.0955. The van der Waals surface area contributed by atoms with Gasteiger partial charge in [0.1, 0.15) is 5.75 Å². The molecule has 6 heteroatoms. The molecule has 0 heterocycles. The maximum atomic E-state index is 11.8. The highest BCUT2D eigenvalue weighted by Crippen LogP contribution is 2.20. The van der Waals surface area contributed by atoms with Crippen LogP contribution in [0, 0.1) is 3.57 Å². The molecule has 21 heavy (non-hydrogen) atoms. The molecule has 0 atom stereocenters. The molecule has 2 aromatic carbocycles. The zero-order chi connectivity index (χ0) is 15.2. The van der Waals surface area contributed by atoms with Crippen LogP contribution in [-0.4, -0.2) is 19.2 Å². The van der Waals surface area contributed by atoms with Crippen LogP contribution in [0.25, 0.3) is 0 Å². The Morgan fingerprint density at radius 1 is 1.29 bits per heavy atom. The lowest BCUT2D eigenvalue weighted by Gasteiger charge is -2.03. The minimum Gasteiger partial charge on any atom is -0.496 e. The number of ether oxygens (including phenoxy) is 1. The van der Waals surface area contributed by atoms with Crippen molar-refractivity contribution < 1.29 is 9.53 Å². The summed E-state index contributed by atoms with van der Waals surface area (Å²) in [7, 11) is 1.62. The first-order valence-electron chi connectivity index (χ1n) is 6.02. The highest BCUT2D eigenvalue weighted by Gasteiger charge is 2.03. The molecule has 0 unspecified atom stereocenters. The van der Waals surface area contributed by atoms with Crippen LogP contribution in [0.3, 0.4) is 0 Å². The molecule has 2 aromatic rings. The zero-order valence-corrected chi connectivity index (χ0v) is 14.1. The van der Waals surface area contributed by atoms with Crippen LogP contribution in [0.5, 0.6) is 5.75 Å². The van der Waals surface area contributed by atoms with Gasteiger partial charge in [0.2, 0.25) is 0 Å². The van der Waals surface area contributed by atoms with Gasteiger partial charge >= 0.3 is 0 Å². The molecule has 108 valence electrons. The van der Waals surface area contributed by atoms with E-state index in [1.54, 1.807) is 37.6 Å². The fraction of sp³-hybridized carbons (Fsp3) is 0.0667. The van der Waals surface area contributed by atoms with Crippen LogP contribution in [0.15, 0.2) is 47.6 Å². The number of nitrogens with one attached hydrogen (secondary N) is 1. The molecule has 0 aliphatic heterocycles. The van der Waals surface area contributed by atoms with E-state index in [1.807, 2.05) is 18.2 Å². The Morgan fingerprint density at radius 3 is 2.62 bits per heavy atom. The van der Waals surface area contributed by atoms with Gasteiger partial charge in [-0.25, -0.2) is 5.43 Å². The van der Waals surface area contributed by atoms with Crippen molar-refractivity contribution in [2.75, 3.05) is 7.11 Å². The quantitative estimate of drug-likeness (QED) is 0.471. The van der Waals surface area contributed by atoms with Crippen LogP contribution < -0.4 is 10.2 Å². The molecule has 0 radical (unpaired) electrons. The van der Waals surface area contributed by atoms with Crippen molar-refractivity contribution >= 4 is 46.3 Å². The number of amides is 1. The number of halogens is 2. The minimum atomic E-state index is -0.286. The number of rotatable bonds is 4. The molecule has 0 aromatic heterocycles. The Kier molecular flexibility index (Phi) is 5.58. The summed E-state index contributed by atoms with van der Waals surface area (Å²) in [6, 6.07) is 12.2. The van der Waals surface area contributed by atoms with E-state index in [-0.39, 0.29) is 5.91 Å². The normalized spacial score (nSPS) is 10.6. The van der Waals surface area contributed by atoms with Crippen molar-refractivity contribution in [3.63, 3.8) is 0 Å². The lowest BCUT2D eigenvalue weighted by atomic mass is 10.2. The molecule has 0 bridgehead atoms. The Balaban J connectivity index is 2.00. The summed E-state index contributed by atoms with van der Waals surface area (Å²) in [4.78, 5) is 11.8. The van der Waals surface area contributed by atoms with Crippen molar-refractivity contribution in [3.05, 3.63) is 62.2 Å². The number of carbonyl (C=O) groups is 1. The Labute approximate surface area is 141 Å². The van der Waals surface area contributed by atoms with E-state index in [0.717, 1.165) is 14.9 Å². The zero-order valence-electron chi connectivity index (χ0n) is 11.1. The van der Waals surface area contributed by atoms with E-state index in [9.17, 15) is 4.79 Å². The minimum absolute atomic E-state index is 0.286. The Morgan fingerprint density at radius 2 is 2.00 bits per heavy atom. The van der Waals surface area contributed by atoms with E-state index in [0.29, 0.717) is 10.6 Å². The molecule has 0 saturated carbocycles. The van der Waals surface area contributed by atoms with Gasteiger partial charge in [-0.1, -0.05) is 11.6 Å². The van der Waals surface area contributed by atoms with E-state index in [1.165, 1.54) is 0 Å². The van der Waals surface area contributed by atoms with Crippen LogP contribution in [0.2, 0.25) is 5.02 Å². The second-order valence-corrected chi connectivity index (χ2v) is 5.70. The van der Waals surface area contributed by atoms with Crippen LogP contribution >= 0.6 is 34.2 Å². The molecule has 1 N–H and O–H groups in total. The maximum Gasteiger partial charge on any atom is 0.271 e. The SMILES string of the molecule is COc1ccc(/C=N\NC(=O)c2ccc(Cl)cc2)cc1I. The van der Waals surface area contributed by atoms with E-state index >= 15 is 0 Å². The van der Waals surface area contributed by atoms with Gasteiger partial charge in [-0.2, -0.15) is 5.10 Å². The van der Waals surface area contributed by atoms with Gasteiger partial charge in [-0.05, 0) is 70.6 Å². The molecular weight excluding hydrogens is 403 g/mol. The molecule has 0 fully saturated rings. The number of hydrazone groups is 1. The highest BCUT2D eigenvalue weighted by atomic mass is 127. The van der Waals surface area contributed by atoms with Crippen molar-refractivity contribution in [1.29, 1.82) is 0 Å². The summed E-state index contributed by atoms with van der Waals surface area (Å²) in [6.07, 6.45) is 1.58. The predicted molar refractivity (Wildman–Crippen MR) is 92.2 cm³/mol. The monoisotopic (exact) mass is 414 g/mol. The first kappa shape index (κ1) is 15.8. The highest BCUT2D eigenvalue weighted by molar-refractivity contribution is 14.1. The van der Waals surface area contributed by atoms with Gasteiger partial charge < -0.3 is 4.74 Å². The number of hydrogen-bond donors (Lipinski definition) is 1. The van der Waals surface area contributed by atoms with E-state index in [4.69, 9.17) is 16.3 Å². The summed E-state index contributed by atoms with van der Waals surface area (Å²) in [5.41, 5.74) is 3.84. The van der Waals surface area contributed by atoms with Gasteiger partial charge in [-0.15, -0.1) is 0 Å². The van der Waals surface area contributed by atoms with E-state index in [2.05, 4.69) is 33.1 Å². The third-order valence-electron chi connectivity index (χ3n) is 2.66. The van der Waals surface area contributed by atoms with Crippen LogP contribution in [-0.2, 0) is 0 Å². The van der Waals surface area contributed by atoms with Crippen molar-refractivity contribution in [1.82, 2.24) is 5.43 Å². The molecule has 4 nitrogen and oxygen atoms in total. The van der Waals surface area contributed by atoms with Crippen molar-refractivity contribution in [2.45, 2.75) is 0 Å². The first-order chi connectivity index (χ1) is 10.1. The van der Waals surface area contributed by atoms with Gasteiger partial charge in [0.15, 0.2) is 0 Å². The van der Waals surface area contributed by atoms with Crippen LogP contribution in [0.4, 0.5) is 0 Å². The molecule has 0 aliphatic rings. The number of benzene rings is 2. The van der Waals surface area contributed by atoms with Gasteiger partial charge in [0.25, 0.3) is 5.91 Å². The predicted octanol–water partition coefficient (Wildman–Crippen LogP) is 3.72. The van der Waals surface area contributed by atoms with E-state index < -0.39 is 0 Å². The molecule has 0 spiro atoms. The first-order valence-corrected chi connectivity index (χ1v) is 7.48. The molecule has 0 aliphatic carbocycles. The topological polar surface area (TPSA) is 50.7 Å². The smallest absolute Gasteiger partial charge is 0.271 e. The summed E-state index contributed by atoms with van der Waals surface area (Å²) >= 11 is 7.94. The fourth-order valence-corrected chi connectivity index (χ4v) is 2.48. The third kappa shape index (κ3) is 4.44. The average Bonchev–Trinajstić information content (AvgIpc) is 2.48. The van der Waals surface area contributed by atoms with Crippen molar-refractivity contribution in [2.24, 2.45) is 5.10 Å². The molecule has 0 saturated heterocycles. The summed E-state index contributed by atoms with van der Waals surface area (Å²) in [5.74, 6) is 0.518. The Bertz CT molecular complexity index is 672. The second-order valence-electron chi connectivity index (χ2n) is 4.10. The number of methoxy groups -OCH3 is 1. The molecule has 1 amide bonds. The molecule has 2 rings (SSSR count). The standard InChI is InChI=1S/C15H12ClIN2O2/c1-21-14-7-2-10(8-13(14)17)9-18-19-15(20)11-3-5-12(16)6-4-11/h2-9H,1H3,(H,19,20)/b18-9-. The third-order valence-corrected chi connectivity index (χ3v) is 3.76. The average molecular weight is 415 g/mol. The largest absolute Gasteiger partial charge is 0.496 e. The van der Waals surface area contributed by atoms with Crippen LogP contribution in [0.1, 0.15) is 15.9 Å². The molecular formula is C15H12ClIN2O2. The van der Waals surface area contributed by atoms with Crippen molar-refractivity contribution in [3.8, 4) is 5.75 Å². The van der Waals surface area contributed by atoms with Gasteiger partial charge in [0, 0.05) is 10.6 Å². The van der Waals surface area contributed by atoms with Gasteiger partial charge in [-0.3, -0.25) is 4.79 Å². The fourth-order valence-electron chi connectivity index (χ4n) is 1.59. The maximum absolute atomic E-state index is 11.8. The number of carbonyl (C=O) groups excluding carboxylic acids is 1. The summed E-state index contributed by atoms with van der Waals surface area (Å²) in [6.45, 7) is 0. The number of nitrogens with zero attached hydrogens (tertiary/aromatic N) is 1. The Hall–Kier alpha value is -1.60. The van der Waals surface area contributed by atoms with Gasteiger partial charge in [0.05, 0.1) is 16.9 Å². The lowest BCUT2D eigenvalue weighted by Crippen LogP contribution is -2.17. The summed E-state index contributed by atoms with van der Waals surface area (Å²) in [5, 5.41) is 4.52. The summed E-state index contributed by atoms with van der Waals surface area (Å²) < 4.78 is 6.15. The number of hydrogen-bond acceptors (Lipinski definition) is 3.